The quantitative estimate of drug-likeness (QED) is 0.543. The number of para-hydroxylation sites is 1. The number of phenols is 1. The zero-order chi connectivity index (χ0) is 11.4. The van der Waals surface area contributed by atoms with E-state index < -0.39 is 0 Å². The molecule has 3 nitrogen and oxygen atoms in total. The highest BCUT2D eigenvalue weighted by Gasteiger charge is 1.97. The van der Waals surface area contributed by atoms with Crippen LogP contribution in [0, 0.1) is 0 Å². The van der Waals surface area contributed by atoms with Gasteiger partial charge in [-0.25, -0.2) is 0 Å². The van der Waals surface area contributed by atoms with Gasteiger partial charge in [0, 0.05) is 17.9 Å². The molecule has 16 heavy (non-hydrogen) atoms. The second-order valence-electron chi connectivity index (χ2n) is 3.60. The van der Waals surface area contributed by atoms with Crippen LogP contribution in [0.15, 0.2) is 48.5 Å². The Morgan fingerprint density at radius 1 is 1.00 bits per heavy atom. The lowest BCUT2D eigenvalue weighted by Gasteiger charge is -2.08. The Labute approximate surface area is 94.5 Å². The standard InChI is InChI=1S/C13H14N2O/c14-13-4-2-1-3-10(13)9-15-11-5-7-12(16)8-6-11/h1-8,15-16H,9,14H2. The Balaban J connectivity index is 2.02. The van der Waals surface area contributed by atoms with E-state index in [1.54, 1.807) is 12.1 Å². The maximum absolute atomic E-state index is 9.14. The van der Waals surface area contributed by atoms with E-state index >= 15 is 0 Å². The summed E-state index contributed by atoms with van der Waals surface area (Å²) in [6.45, 7) is 0.678. The zero-order valence-corrected chi connectivity index (χ0v) is 8.85. The van der Waals surface area contributed by atoms with Crippen LogP contribution in [0.5, 0.6) is 5.75 Å². The number of nitrogens with two attached hydrogens (primary N) is 1. The van der Waals surface area contributed by atoms with E-state index in [4.69, 9.17) is 10.8 Å². The lowest BCUT2D eigenvalue weighted by Crippen LogP contribution is -2.02. The first-order chi connectivity index (χ1) is 7.75. The van der Waals surface area contributed by atoms with Crippen molar-refractivity contribution in [2.45, 2.75) is 6.54 Å². The summed E-state index contributed by atoms with van der Waals surface area (Å²) in [7, 11) is 0. The SMILES string of the molecule is Nc1ccccc1CNc1ccc(O)cc1. The van der Waals surface area contributed by atoms with E-state index in [-0.39, 0.29) is 5.75 Å². The number of hydrogen-bond acceptors (Lipinski definition) is 3. The number of aromatic hydroxyl groups is 1. The van der Waals surface area contributed by atoms with Crippen LogP contribution in [0.4, 0.5) is 11.4 Å². The van der Waals surface area contributed by atoms with Crippen LogP contribution in [0.3, 0.4) is 0 Å². The van der Waals surface area contributed by atoms with Crippen LogP contribution in [0.25, 0.3) is 0 Å². The van der Waals surface area contributed by atoms with Gasteiger partial charge in [-0.2, -0.15) is 0 Å². The number of nitrogens with one attached hydrogen (secondary N) is 1. The van der Waals surface area contributed by atoms with Crippen molar-refractivity contribution < 1.29 is 5.11 Å². The summed E-state index contributed by atoms with van der Waals surface area (Å²) in [4.78, 5) is 0. The second kappa shape index (κ2) is 4.57. The molecule has 0 heterocycles. The highest BCUT2D eigenvalue weighted by atomic mass is 16.3. The minimum absolute atomic E-state index is 0.268. The van der Waals surface area contributed by atoms with Gasteiger partial charge in [-0.3, -0.25) is 0 Å². The van der Waals surface area contributed by atoms with Crippen LogP contribution in [0.2, 0.25) is 0 Å². The molecule has 0 unspecified atom stereocenters. The molecule has 0 bridgehead atoms. The normalized spacial score (nSPS) is 10.0. The highest BCUT2D eigenvalue weighted by molar-refractivity contribution is 5.51. The molecule has 2 aromatic rings. The summed E-state index contributed by atoms with van der Waals surface area (Å²) in [5, 5.41) is 12.4. The van der Waals surface area contributed by atoms with Gasteiger partial charge in [-0.15, -0.1) is 0 Å². The largest absolute Gasteiger partial charge is 0.508 e. The Bertz CT molecular complexity index is 466. The third-order valence-corrected chi connectivity index (χ3v) is 2.41. The minimum Gasteiger partial charge on any atom is -0.508 e. The average molecular weight is 214 g/mol. The molecule has 0 atom stereocenters. The van der Waals surface area contributed by atoms with Crippen LogP contribution in [-0.2, 0) is 6.54 Å². The molecule has 82 valence electrons. The van der Waals surface area contributed by atoms with Gasteiger partial charge in [0.05, 0.1) is 0 Å². The van der Waals surface area contributed by atoms with E-state index in [0.717, 1.165) is 16.9 Å². The summed E-state index contributed by atoms with van der Waals surface area (Å²) >= 11 is 0. The smallest absolute Gasteiger partial charge is 0.115 e. The van der Waals surface area contributed by atoms with E-state index in [0.29, 0.717) is 6.54 Å². The molecule has 0 aromatic heterocycles. The lowest BCUT2D eigenvalue weighted by molar-refractivity contribution is 0.475. The number of anilines is 2. The molecule has 3 heteroatoms. The summed E-state index contributed by atoms with van der Waals surface area (Å²) in [6.07, 6.45) is 0. The van der Waals surface area contributed by atoms with Gasteiger partial charge in [-0.05, 0) is 35.9 Å². The molecule has 0 aliphatic rings. The fourth-order valence-electron chi connectivity index (χ4n) is 1.47. The summed E-state index contributed by atoms with van der Waals surface area (Å²) in [5.41, 5.74) is 8.64. The molecule has 0 fully saturated rings. The van der Waals surface area contributed by atoms with Crippen molar-refractivity contribution in [1.82, 2.24) is 0 Å². The Hall–Kier alpha value is -2.16. The van der Waals surface area contributed by atoms with Crippen LogP contribution >= 0.6 is 0 Å². The predicted octanol–water partition coefficient (Wildman–Crippen LogP) is 2.59. The molecule has 2 aromatic carbocycles. The molecule has 0 saturated heterocycles. The monoisotopic (exact) mass is 214 g/mol. The fourth-order valence-corrected chi connectivity index (χ4v) is 1.47. The zero-order valence-electron chi connectivity index (χ0n) is 8.85. The first kappa shape index (κ1) is 10.4. The molecule has 0 amide bonds. The topological polar surface area (TPSA) is 58.3 Å². The first-order valence-corrected chi connectivity index (χ1v) is 5.12. The number of nitrogen functional groups attached to an aromatic ring is 1. The Morgan fingerprint density at radius 3 is 2.38 bits per heavy atom. The van der Waals surface area contributed by atoms with Gasteiger partial charge in [0.25, 0.3) is 0 Å². The van der Waals surface area contributed by atoms with E-state index in [2.05, 4.69) is 5.32 Å². The van der Waals surface area contributed by atoms with Gasteiger partial charge in [0.2, 0.25) is 0 Å². The summed E-state index contributed by atoms with van der Waals surface area (Å²) in [5.74, 6) is 0.268. The maximum Gasteiger partial charge on any atom is 0.115 e. The van der Waals surface area contributed by atoms with Crippen LogP contribution in [0.1, 0.15) is 5.56 Å². The van der Waals surface area contributed by atoms with Gasteiger partial charge in [0.15, 0.2) is 0 Å². The van der Waals surface area contributed by atoms with Crippen molar-refractivity contribution in [2.75, 3.05) is 11.1 Å². The van der Waals surface area contributed by atoms with E-state index in [1.807, 2.05) is 36.4 Å². The molecule has 0 radical (unpaired) electrons. The first-order valence-electron chi connectivity index (χ1n) is 5.12. The number of rotatable bonds is 3. The van der Waals surface area contributed by atoms with Gasteiger partial charge >= 0.3 is 0 Å². The molecule has 4 N–H and O–H groups in total. The molecule has 0 spiro atoms. The fraction of sp³-hybridized carbons (Fsp3) is 0.0769. The van der Waals surface area contributed by atoms with Crippen molar-refractivity contribution in [1.29, 1.82) is 0 Å². The molecule has 0 saturated carbocycles. The van der Waals surface area contributed by atoms with Crippen molar-refractivity contribution in [3.8, 4) is 5.75 Å². The van der Waals surface area contributed by atoms with Crippen LogP contribution in [-0.4, -0.2) is 5.11 Å². The summed E-state index contributed by atoms with van der Waals surface area (Å²) < 4.78 is 0. The molecule has 2 rings (SSSR count). The van der Waals surface area contributed by atoms with Gasteiger partial charge in [-0.1, -0.05) is 18.2 Å². The van der Waals surface area contributed by atoms with Crippen molar-refractivity contribution in [2.24, 2.45) is 0 Å². The van der Waals surface area contributed by atoms with Crippen molar-refractivity contribution in [3.63, 3.8) is 0 Å². The third kappa shape index (κ3) is 2.45. The molecular weight excluding hydrogens is 200 g/mol. The van der Waals surface area contributed by atoms with Crippen LogP contribution < -0.4 is 11.1 Å². The van der Waals surface area contributed by atoms with Gasteiger partial charge in [0.1, 0.15) is 5.75 Å². The molecular formula is C13H14N2O. The third-order valence-electron chi connectivity index (χ3n) is 2.41. The van der Waals surface area contributed by atoms with Crippen molar-refractivity contribution in [3.05, 3.63) is 54.1 Å². The predicted molar refractivity (Wildman–Crippen MR) is 66.3 cm³/mol. The maximum atomic E-state index is 9.14. The van der Waals surface area contributed by atoms with Gasteiger partial charge < -0.3 is 16.2 Å². The summed E-state index contributed by atoms with van der Waals surface area (Å²) in [6, 6.07) is 14.7. The molecule has 0 aliphatic heterocycles. The highest BCUT2D eigenvalue weighted by Crippen LogP contribution is 2.16. The molecule has 0 aliphatic carbocycles. The number of hydrogen-bond donors (Lipinski definition) is 3. The van der Waals surface area contributed by atoms with E-state index in [9.17, 15) is 0 Å². The average Bonchev–Trinajstić information content (AvgIpc) is 2.30. The minimum atomic E-state index is 0.268. The number of benzene rings is 2. The van der Waals surface area contributed by atoms with Crippen molar-refractivity contribution >= 4 is 11.4 Å². The second-order valence-corrected chi connectivity index (χ2v) is 3.60. The number of phenolic OH excluding ortho intramolecular Hbond substituents is 1. The lowest BCUT2D eigenvalue weighted by atomic mass is 10.2. The van der Waals surface area contributed by atoms with E-state index in [1.165, 1.54) is 0 Å². The Kier molecular flexibility index (Phi) is 2.96. The Morgan fingerprint density at radius 2 is 1.69 bits per heavy atom.